The number of nitrogens with one attached hydrogen (secondary N) is 1. The predicted octanol–water partition coefficient (Wildman–Crippen LogP) is 3.91. The number of fused-ring (bicyclic) bond motifs is 1. The zero-order valence-corrected chi connectivity index (χ0v) is 19.7. The summed E-state index contributed by atoms with van der Waals surface area (Å²) in [5.74, 6) is -0.0342. The van der Waals surface area contributed by atoms with E-state index in [1.807, 2.05) is 49.1 Å². The monoisotopic (exact) mass is 487 g/mol. The first-order valence-electron chi connectivity index (χ1n) is 11.5. The SMILES string of the molecule is CN1CC(n2nnc3cc(-c4ccnc(Nc5ccnn5C)n4)ccc32)[C@H](c2cc(F)cc(F)c2)C1. The van der Waals surface area contributed by atoms with E-state index in [4.69, 9.17) is 0 Å². The summed E-state index contributed by atoms with van der Waals surface area (Å²) < 4.78 is 31.5. The van der Waals surface area contributed by atoms with Crippen molar-refractivity contribution in [2.45, 2.75) is 12.0 Å². The average molecular weight is 488 g/mol. The molecule has 3 aromatic heterocycles. The van der Waals surface area contributed by atoms with Gasteiger partial charge in [-0.2, -0.15) is 5.10 Å². The van der Waals surface area contributed by atoms with Crippen molar-refractivity contribution in [1.82, 2.24) is 39.6 Å². The van der Waals surface area contributed by atoms with Crippen LogP contribution in [0.4, 0.5) is 20.5 Å². The fourth-order valence-corrected chi connectivity index (χ4v) is 4.88. The van der Waals surface area contributed by atoms with Gasteiger partial charge in [-0.05, 0) is 42.9 Å². The predicted molar refractivity (Wildman–Crippen MR) is 131 cm³/mol. The van der Waals surface area contributed by atoms with E-state index in [9.17, 15) is 8.78 Å². The van der Waals surface area contributed by atoms with Gasteiger partial charge in [-0.1, -0.05) is 11.3 Å². The van der Waals surface area contributed by atoms with Gasteiger partial charge in [0.05, 0.1) is 23.4 Å². The average Bonchev–Trinajstić information content (AvgIpc) is 3.56. The molecule has 0 bridgehead atoms. The van der Waals surface area contributed by atoms with Gasteiger partial charge in [-0.15, -0.1) is 5.10 Å². The lowest BCUT2D eigenvalue weighted by atomic mass is 9.94. The minimum absolute atomic E-state index is 0.110. The highest BCUT2D eigenvalue weighted by Gasteiger charge is 2.35. The first-order valence-corrected chi connectivity index (χ1v) is 11.5. The summed E-state index contributed by atoms with van der Waals surface area (Å²) in [7, 11) is 3.83. The topological polar surface area (TPSA) is 89.6 Å². The Kier molecular flexibility index (Phi) is 5.41. The highest BCUT2D eigenvalue weighted by atomic mass is 19.1. The van der Waals surface area contributed by atoms with Crippen molar-refractivity contribution in [1.29, 1.82) is 0 Å². The Hall–Kier alpha value is -4.25. The molecule has 6 rings (SSSR count). The van der Waals surface area contributed by atoms with Crippen LogP contribution in [0, 0.1) is 11.6 Å². The van der Waals surface area contributed by atoms with Gasteiger partial charge < -0.3 is 10.2 Å². The molecule has 1 N–H and O–H groups in total. The van der Waals surface area contributed by atoms with E-state index in [-0.39, 0.29) is 12.0 Å². The zero-order valence-electron chi connectivity index (χ0n) is 19.7. The molecule has 1 saturated heterocycles. The molecule has 2 atom stereocenters. The number of aromatic nitrogens is 7. The molecule has 182 valence electrons. The minimum atomic E-state index is -0.575. The van der Waals surface area contributed by atoms with Crippen LogP contribution >= 0.6 is 0 Å². The van der Waals surface area contributed by atoms with E-state index < -0.39 is 11.6 Å². The van der Waals surface area contributed by atoms with E-state index in [2.05, 4.69) is 35.6 Å². The molecular weight excluding hydrogens is 464 g/mol. The number of hydrogen-bond acceptors (Lipinski definition) is 7. The molecule has 0 saturated carbocycles. The smallest absolute Gasteiger partial charge is 0.228 e. The van der Waals surface area contributed by atoms with Crippen LogP contribution in [-0.4, -0.2) is 59.8 Å². The standard InChI is InChI=1S/C25H23F2N9/c1-34-13-19(16-9-17(26)12-18(27)10-16)23(14-34)36-22-4-3-15(11-21(22)32-33-36)20-5-7-28-25(30-20)31-24-6-8-29-35(24)2/h3-12,19,23H,13-14H2,1-2H3,(H,28,30,31)/t19-,23?/m0/s1. The van der Waals surface area contributed by atoms with Crippen molar-refractivity contribution >= 4 is 22.8 Å². The Morgan fingerprint density at radius 2 is 1.78 bits per heavy atom. The lowest BCUT2D eigenvalue weighted by Gasteiger charge is -2.20. The summed E-state index contributed by atoms with van der Waals surface area (Å²) >= 11 is 0. The molecule has 1 fully saturated rings. The fraction of sp³-hybridized carbons (Fsp3) is 0.240. The van der Waals surface area contributed by atoms with Gasteiger partial charge in [0, 0.05) is 49.9 Å². The summed E-state index contributed by atoms with van der Waals surface area (Å²) in [6, 6.07) is 13.1. The number of anilines is 2. The van der Waals surface area contributed by atoms with Crippen molar-refractivity contribution < 1.29 is 8.78 Å². The largest absolute Gasteiger partial charge is 0.309 e. The number of rotatable bonds is 5. The molecule has 0 spiro atoms. The van der Waals surface area contributed by atoms with Gasteiger partial charge in [0.1, 0.15) is 23.0 Å². The number of benzene rings is 2. The number of nitrogens with zero attached hydrogens (tertiary/aromatic N) is 8. The van der Waals surface area contributed by atoms with Gasteiger partial charge >= 0.3 is 0 Å². The summed E-state index contributed by atoms with van der Waals surface area (Å²) in [5.41, 5.74) is 3.79. The van der Waals surface area contributed by atoms with Crippen LogP contribution in [-0.2, 0) is 7.05 Å². The van der Waals surface area contributed by atoms with Crippen LogP contribution in [0.1, 0.15) is 17.5 Å². The zero-order chi connectivity index (χ0) is 24.8. The van der Waals surface area contributed by atoms with Gasteiger partial charge in [-0.3, -0.25) is 4.68 Å². The van der Waals surface area contributed by atoms with Crippen LogP contribution in [0.3, 0.4) is 0 Å². The third-order valence-electron chi connectivity index (χ3n) is 6.58. The molecule has 1 unspecified atom stereocenters. The van der Waals surface area contributed by atoms with Gasteiger partial charge in [0.15, 0.2) is 0 Å². The molecule has 1 aliphatic heterocycles. The van der Waals surface area contributed by atoms with Crippen molar-refractivity contribution in [3.05, 3.63) is 78.1 Å². The summed E-state index contributed by atoms with van der Waals surface area (Å²) in [5, 5.41) is 16.2. The van der Waals surface area contributed by atoms with Crippen LogP contribution in [0.5, 0.6) is 0 Å². The second-order valence-electron chi connectivity index (χ2n) is 9.07. The van der Waals surface area contributed by atoms with Crippen LogP contribution < -0.4 is 5.32 Å². The minimum Gasteiger partial charge on any atom is -0.309 e. The number of hydrogen-bond donors (Lipinski definition) is 1. The second-order valence-corrected chi connectivity index (χ2v) is 9.07. The lowest BCUT2D eigenvalue weighted by molar-refractivity contribution is 0.382. The molecule has 0 radical (unpaired) electrons. The van der Waals surface area contributed by atoms with E-state index in [0.29, 0.717) is 30.1 Å². The quantitative estimate of drug-likeness (QED) is 0.402. The first-order chi connectivity index (χ1) is 17.4. The highest BCUT2D eigenvalue weighted by molar-refractivity contribution is 5.81. The lowest BCUT2D eigenvalue weighted by Crippen LogP contribution is -2.19. The Balaban J connectivity index is 1.32. The molecule has 0 aliphatic carbocycles. The summed E-state index contributed by atoms with van der Waals surface area (Å²) in [6.45, 7) is 1.36. The van der Waals surface area contributed by atoms with E-state index in [0.717, 1.165) is 28.7 Å². The summed E-state index contributed by atoms with van der Waals surface area (Å²) in [4.78, 5) is 11.1. The molecule has 0 amide bonds. The number of aryl methyl sites for hydroxylation is 1. The molecule has 2 aromatic carbocycles. The van der Waals surface area contributed by atoms with Crippen LogP contribution in [0.25, 0.3) is 22.3 Å². The normalized spacial score (nSPS) is 18.2. The summed E-state index contributed by atoms with van der Waals surface area (Å²) in [6.07, 6.45) is 3.39. The van der Waals surface area contributed by atoms with Gasteiger partial charge in [-0.25, -0.2) is 23.4 Å². The first kappa shape index (κ1) is 22.2. The highest BCUT2D eigenvalue weighted by Crippen LogP contribution is 2.37. The van der Waals surface area contributed by atoms with E-state index >= 15 is 0 Å². The van der Waals surface area contributed by atoms with E-state index in [1.54, 1.807) is 17.1 Å². The molecule has 1 aliphatic rings. The molecule has 5 aromatic rings. The Morgan fingerprint density at radius 3 is 2.56 bits per heavy atom. The maximum Gasteiger partial charge on any atom is 0.228 e. The van der Waals surface area contributed by atoms with Crippen molar-refractivity contribution in [3.8, 4) is 11.3 Å². The van der Waals surface area contributed by atoms with Crippen molar-refractivity contribution in [3.63, 3.8) is 0 Å². The molecule has 36 heavy (non-hydrogen) atoms. The van der Waals surface area contributed by atoms with Crippen molar-refractivity contribution in [2.24, 2.45) is 7.05 Å². The molecule has 9 nitrogen and oxygen atoms in total. The third kappa shape index (κ3) is 4.07. The third-order valence-corrected chi connectivity index (χ3v) is 6.58. The van der Waals surface area contributed by atoms with Gasteiger partial charge in [0.2, 0.25) is 5.95 Å². The molecular formula is C25H23F2N9. The maximum atomic E-state index is 14.0. The Bertz CT molecular complexity index is 1540. The Labute approximate surface area is 205 Å². The number of likely N-dealkylation sites (N-methyl/N-ethyl adjacent to an activating group) is 1. The van der Waals surface area contributed by atoms with Gasteiger partial charge in [0.25, 0.3) is 0 Å². The molecule has 4 heterocycles. The maximum absolute atomic E-state index is 14.0. The van der Waals surface area contributed by atoms with Crippen LogP contribution in [0.15, 0.2) is 60.9 Å². The Morgan fingerprint density at radius 1 is 0.944 bits per heavy atom. The van der Waals surface area contributed by atoms with E-state index in [1.165, 1.54) is 12.1 Å². The second kappa shape index (κ2) is 8.76. The molecule has 11 heteroatoms. The van der Waals surface area contributed by atoms with Crippen molar-refractivity contribution in [2.75, 3.05) is 25.5 Å². The fourth-order valence-electron chi connectivity index (χ4n) is 4.88. The number of halogens is 2. The number of likely N-dealkylation sites (tertiary alicyclic amines) is 1. The van der Waals surface area contributed by atoms with Crippen LogP contribution in [0.2, 0.25) is 0 Å².